The van der Waals surface area contributed by atoms with Gasteiger partial charge in [0.25, 0.3) is 0 Å². The van der Waals surface area contributed by atoms with Gasteiger partial charge < -0.3 is 5.11 Å². The number of hydrogen-bond acceptors (Lipinski definition) is 1. The summed E-state index contributed by atoms with van der Waals surface area (Å²) in [5.74, 6) is 0. The Balaban J connectivity index is 2.40. The zero-order valence-corrected chi connectivity index (χ0v) is 9.72. The van der Waals surface area contributed by atoms with E-state index < -0.39 is 5.60 Å². The van der Waals surface area contributed by atoms with Crippen LogP contribution in [0.2, 0.25) is 10.0 Å². The van der Waals surface area contributed by atoms with Crippen LogP contribution in [0.5, 0.6) is 0 Å². The molecule has 0 heterocycles. The molecule has 0 aromatic heterocycles. The molecule has 0 amide bonds. The molecule has 80 valence electrons. The van der Waals surface area contributed by atoms with Crippen molar-refractivity contribution in [3.05, 3.63) is 46.0 Å². The highest BCUT2D eigenvalue weighted by atomic mass is 35.5. The minimum Gasteiger partial charge on any atom is -0.381 e. The highest BCUT2D eigenvalue weighted by Gasteiger charge is 2.27. The second-order valence-electron chi connectivity index (χ2n) is 3.85. The summed E-state index contributed by atoms with van der Waals surface area (Å²) in [6.45, 7) is 0. The molecule has 0 saturated heterocycles. The molecule has 3 heteroatoms. The van der Waals surface area contributed by atoms with Crippen molar-refractivity contribution in [2.45, 2.75) is 24.9 Å². The molecule has 0 bridgehead atoms. The topological polar surface area (TPSA) is 20.2 Å². The molecule has 1 N–H and O–H groups in total. The molecule has 1 aliphatic carbocycles. The average Bonchev–Trinajstić information content (AvgIpc) is 2.23. The lowest BCUT2D eigenvalue weighted by molar-refractivity contribution is 0.0726. The van der Waals surface area contributed by atoms with Crippen LogP contribution in [0.25, 0.3) is 0 Å². The van der Waals surface area contributed by atoms with Crippen molar-refractivity contribution in [1.29, 1.82) is 0 Å². The Morgan fingerprint density at radius 3 is 2.60 bits per heavy atom. The Morgan fingerprint density at radius 1 is 1.20 bits per heavy atom. The molecular weight excluding hydrogens is 231 g/mol. The van der Waals surface area contributed by atoms with Crippen LogP contribution in [0, 0.1) is 0 Å². The summed E-state index contributed by atoms with van der Waals surface area (Å²) >= 11 is 11.8. The van der Waals surface area contributed by atoms with E-state index in [0.717, 1.165) is 24.8 Å². The van der Waals surface area contributed by atoms with E-state index in [1.807, 2.05) is 18.2 Å². The summed E-state index contributed by atoms with van der Waals surface area (Å²) in [6.07, 6.45) is 6.61. The van der Waals surface area contributed by atoms with Crippen LogP contribution >= 0.6 is 23.2 Å². The first kappa shape index (κ1) is 11.0. The summed E-state index contributed by atoms with van der Waals surface area (Å²) < 4.78 is 0. The lowest BCUT2D eigenvalue weighted by Crippen LogP contribution is -2.24. The van der Waals surface area contributed by atoms with E-state index in [1.165, 1.54) is 0 Å². The molecule has 0 saturated carbocycles. The van der Waals surface area contributed by atoms with E-state index in [1.54, 1.807) is 12.1 Å². The predicted molar refractivity (Wildman–Crippen MR) is 63.3 cm³/mol. The quantitative estimate of drug-likeness (QED) is 0.741. The fraction of sp³-hybridized carbons (Fsp3) is 0.333. The zero-order valence-electron chi connectivity index (χ0n) is 8.21. The van der Waals surface area contributed by atoms with Crippen LogP contribution < -0.4 is 0 Å². The Hall–Kier alpha value is -0.500. The summed E-state index contributed by atoms with van der Waals surface area (Å²) in [4.78, 5) is 0. The van der Waals surface area contributed by atoms with Gasteiger partial charge in [-0.25, -0.2) is 0 Å². The van der Waals surface area contributed by atoms with Gasteiger partial charge in [-0.15, -0.1) is 0 Å². The minimum absolute atomic E-state index is 0.488. The van der Waals surface area contributed by atoms with Gasteiger partial charge >= 0.3 is 0 Å². The van der Waals surface area contributed by atoms with E-state index in [-0.39, 0.29) is 0 Å². The molecule has 1 aromatic carbocycles. The first-order chi connectivity index (χ1) is 7.12. The van der Waals surface area contributed by atoms with Gasteiger partial charge in [0.05, 0.1) is 10.0 Å². The molecule has 15 heavy (non-hydrogen) atoms. The molecular formula is C12H12Cl2O. The van der Waals surface area contributed by atoms with Crippen LogP contribution in [-0.2, 0) is 5.60 Å². The van der Waals surface area contributed by atoms with Crippen LogP contribution in [0.1, 0.15) is 24.8 Å². The number of halogens is 2. The first-order valence-electron chi connectivity index (χ1n) is 4.97. The highest BCUT2D eigenvalue weighted by molar-refractivity contribution is 6.42. The predicted octanol–water partition coefficient (Wildman–Crippen LogP) is 3.92. The fourth-order valence-electron chi connectivity index (χ4n) is 1.86. The number of aliphatic hydroxyl groups is 1. The highest BCUT2D eigenvalue weighted by Crippen LogP contribution is 2.35. The smallest absolute Gasteiger partial charge is 0.108 e. The van der Waals surface area contributed by atoms with Crippen molar-refractivity contribution in [1.82, 2.24) is 0 Å². The van der Waals surface area contributed by atoms with E-state index in [2.05, 4.69) is 0 Å². The van der Waals surface area contributed by atoms with Crippen molar-refractivity contribution in [3.8, 4) is 0 Å². The molecule has 2 rings (SSSR count). The van der Waals surface area contributed by atoms with Gasteiger partial charge in [-0.1, -0.05) is 41.4 Å². The minimum atomic E-state index is -0.869. The Labute approximate surface area is 99.3 Å². The van der Waals surface area contributed by atoms with Gasteiger partial charge in [-0.05, 0) is 37.0 Å². The summed E-state index contributed by atoms with van der Waals surface area (Å²) in [6, 6.07) is 5.28. The molecule has 1 aliphatic rings. The zero-order chi connectivity index (χ0) is 10.9. The second-order valence-corrected chi connectivity index (χ2v) is 4.66. The summed E-state index contributed by atoms with van der Waals surface area (Å²) in [5, 5.41) is 11.4. The number of rotatable bonds is 1. The maximum atomic E-state index is 10.4. The van der Waals surface area contributed by atoms with E-state index >= 15 is 0 Å². The summed E-state index contributed by atoms with van der Waals surface area (Å²) in [5.41, 5.74) is -0.0557. The van der Waals surface area contributed by atoms with Crippen LogP contribution in [-0.4, -0.2) is 5.11 Å². The Bertz CT molecular complexity index is 401. The number of benzene rings is 1. The molecule has 0 aliphatic heterocycles. The van der Waals surface area contributed by atoms with E-state index in [4.69, 9.17) is 23.2 Å². The van der Waals surface area contributed by atoms with Gasteiger partial charge in [-0.3, -0.25) is 0 Å². The van der Waals surface area contributed by atoms with E-state index in [0.29, 0.717) is 10.0 Å². The van der Waals surface area contributed by atoms with Crippen LogP contribution in [0.3, 0.4) is 0 Å². The van der Waals surface area contributed by atoms with Crippen LogP contribution in [0.15, 0.2) is 30.4 Å². The number of allylic oxidation sites excluding steroid dienone is 1. The van der Waals surface area contributed by atoms with Crippen molar-refractivity contribution < 1.29 is 5.11 Å². The average molecular weight is 243 g/mol. The largest absolute Gasteiger partial charge is 0.381 e. The lowest BCUT2D eigenvalue weighted by atomic mass is 9.85. The van der Waals surface area contributed by atoms with E-state index in [9.17, 15) is 5.11 Å². The molecule has 1 nitrogen and oxygen atoms in total. The van der Waals surface area contributed by atoms with Gasteiger partial charge in [0, 0.05) is 0 Å². The Kier molecular flexibility index (Phi) is 3.06. The molecule has 1 unspecified atom stereocenters. The van der Waals surface area contributed by atoms with Gasteiger partial charge in [-0.2, -0.15) is 0 Å². The third-order valence-corrected chi connectivity index (χ3v) is 3.48. The van der Waals surface area contributed by atoms with Crippen LogP contribution in [0.4, 0.5) is 0 Å². The number of hydrogen-bond donors (Lipinski definition) is 1. The monoisotopic (exact) mass is 242 g/mol. The van der Waals surface area contributed by atoms with Crippen molar-refractivity contribution in [3.63, 3.8) is 0 Å². The third-order valence-electron chi connectivity index (χ3n) is 2.74. The van der Waals surface area contributed by atoms with Gasteiger partial charge in [0.1, 0.15) is 5.60 Å². The molecule has 0 fully saturated rings. The SMILES string of the molecule is OC1(c2ccc(Cl)c(Cl)c2)C=CCCC1. The van der Waals surface area contributed by atoms with Gasteiger partial charge in [0.15, 0.2) is 0 Å². The van der Waals surface area contributed by atoms with Crippen molar-refractivity contribution >= 4 is 23.2 Å². The summed E-state index contributed by atoms with van der Waals surface area (Å²) in [7, 11) is 0. The fourth-order valence-corrected chi connectivity index (χ4v) is 2.16. The molecule has 1 atom stereocenters. The van der Waals surface area contributed by atoms with Crippen molar-refractivity contribution in [2.75, 3.05) is 0 Å². The third kappa shape index (κ3) is 2.20. The Morgan fingerprint density at radius 2 is 2.00 bits per heavy atom. The standard InChI is InChI=1S/C12H12Cl2O/c13-10-5-4-9(8-11(10)14)12(15)6-2-1-3-7-12/h2,4-6,8,15H,1,3,7H2. The second kappa shape index (κ2) is 4.17. The molecule has 0 spiro atoms. The normalized spacial score (nSPS) is 25.5. The maximum absolute atomic E-state index is 10.4. The van der Waals surface area contributed by atoms with Crippen molar-refractivity contribution in [2.24, 2.45) is 0 Å². The molecule has 0 radical (unpaired) electrons. The maximum Gasteiger partial charge on any atom is 0.108 e. The lowest BCUT2D eigenvalue weighted by Gasteiger charge is -2.28. The first-order valence-corrected chi connectivity index (χ1v) is 5.73. The molecule has 1 aromatic rings. The van der Waals surface area contributed by atoms with Gasteiger partial charge in [0.2, 0.25) is 0 Å².